The monoisotopic (exact) mass is 350 g/mol. The summed E-state index contributed by atoms with van der Waals surface area (Å²) in [6.07, 6.45) is 5.34. The first-order valence-corrected chi connectivity index (χ1v) is 9.52. The molecule has 1 aliphatic rings. The minimum Gasteiger partial charge on any atom is -0.365 e. The fraction of sp³-hybridized carbons (Fsp3) is 0.450. The van der Waals surface area contributed by atoms with Gasteiger partial charge in [0.1, 0.15) is 5.82 Å². The van der Waals surface area contributed by atoms with Crippen molar-refractivity contribution in [3.05, 3.63) is 41.6 Å². The molecule has 4 rings (SSSR count). The van der Waals surface area contributed by atoms with Gasteiger partial charge in [-0.05, 0) is 31.7 Å². The summed E-state index contributed by atoms with van der Waals surface area (Å²) in [7, 11) is 0. The van der Waals surface area contributed by atoms with Crippen LogP contribution in [0.25, 0.3) is 11.0 Å². The second kappa shape index (κ2) is 7.32. The van der Waals surface area contributed by atoms with Crippen LogP contribution in [0.1, 0.15) is 37.3 Å². The quantitative estimate of drug-likeness (QED) is 0.733. The van der Waals surface area contributed by atoms with Crippen molar-refractivity contribution < 1.29 is 0 Å². The number of rotatable bonds is 6. The summed E-state index contributed by atoms with van der Waals surface area (Å²) in [5.74, 6) is 1.69. The molecule has 3 heterocycles. The van der Waals surface area contributed by atoms with Crippen molar-refractivity contribution in [2.75, 3.05) is 23.3 Å². The molecular weight excluding hydrogens is 324 g/mol. The van der Waals surface area contributed by atoms with Crippen molar-refractivity contribution in [2.24, 2.45) is 0 Å². The number of aryl methyl sites for hydroxylation is 2. The fourth-order valence-corrected chi connectivity index (χ4v) is 3.52. The molecule has 2 aromatic heterocycles. The van der Waals surface area contributed by atoms with E-state index in [0.29, 0.717) is 0 Å². The lowest BCUT2D eigenvalue weighted by Gasteiger charge is -2.17. The summed E-state index contributed by atoms with van der Waals surface area (Å²) in [6, 6.07) is 8.55. The normalized spacial score (nSPS) is 14.3. The summed E-state index contributed by atoms with van der Waals surface area (Å²) >= 11 is 0. The fourth-order valence-electron chi connectivity index (χ4n) is 3.52. The molecule has 0 radical (unpaired) electrons. The maximum atomic E-state index is 4.84. The van der Waals surface area contributed by atoms with E-state index >= 15 is 0 Å². The molecule has 1 fully saturated rings. The van der Waals surface area contributed by atoms with E-state index in [1.165, 1.54) is 24.0 Å². The minimum absolute atomic E-state index is 0.742. The first kappa shape index (κ1) is 16.8. The maximum Gasteiger partial charge on any atom is 0.229 e. The first-order chi connectivity index (χ1) is 12.7. The van der Waals surface area contributed by atoms with E-state index in [1.807, 2.05) is 10.9 Å². The Labute approximate surface area is 154 Å². The SMILES string of the molecule is CCCn1ncc2c(NCc3cccc(C)c3)nc(N3CCCC3)nc21. The van der Waals surface area contributed by atoms with Crippen LogP contribution < -0.4 is 10.2 Å². The molecule has 0 spiro atoms. The second-order valence-corrected chi connectivity index (χ2v) is 7.01. The number of hydrogen-bond acceptors (Lipinski definition) is 5. The van der Waals surface area contributed by atoms with Crippen LogP contribution in [0, 0.1) is 6.92 Å². The Kier molecular flexibility index (Phi) is 4.73. The molecule has 26 heavy (non-hydrogen) atoms. The van der Waals surface area contributed by atoms with Gasteiger partial charge in [0.15, 0.2) is 5.65 Å². The number of nitrogens with one attached hydrogen (secondary N) is 1. The molecule has 0 saturated carbocycles. The molecule has 0 unspecified atom stereocenters. The van der Waals surface area contributed by atoms with E-state index in [2.05, 4.69) is 53.4 Å². The van der Waals surface area contributed by atoms with Gasteiger partial charge in [0.25, 0.3) is 0 Å². The van der Waals surface area contributed by atoms with Gasteiger partial charge in [-0.15, -0.1) is 0 Å². The van der Waals surface area contributed by atoms with Crippen LogP contribution in [0.2, 0.25) is 0 Å². The van der Waals surface area contributed by atoms with Crippen LogP contribution >= 0.6 is 0 Å². The van der Waals surface area contributed by atoms with Gasteiger partial charge in [0.2, 0.25) is 5.95 Å². The zero-order valence-corrected chi connectivity index (χ0v) is 15.6. The highest BCUT2D eigenvalue weighted by Crippen LogP contribution is 2.26. The number of aromatic nitrogens is 4. The van der Waals surface area contributed by atoms with Gasteiger partial charge in [-0.25, -0.2) is 4.68 Å². The Balaban J connectivity index is 1.69. The number of fused-ring (bicyclic) bond motifs is 1. The lowest BCUT2D eigenvalue weighted by Crippen LogP contribution is -2.21. The number of hydrogen-bond donors (Lipinski definition) is 1. The lowest BCUT2D eigenvalue weighted by atomic mass is 10.1. The van der Waals surface area contributed by atoms with Gasteiger partial charge in [0, 0.05) is 26.2 Å². The third kappa shape index (κ3) is 3.36. The standard InChI is InChI=1S/C20H26N6/c1-3-9-26-19-17(14-22-26)18(21-13-16-8-6-7-15(2)12-16)23-20(24-19)25-10-4-5-11-25/h6-8,12,14H,3-5,9-11,13H2,1-2H3,(H,21,23,24). The van der Waals surface area contributed by atoms with Crippen LogP contribution in [0.5, 0.6) is 0 Å². The predicted molar refractivity (Wildman–Crippen MR) is 106 cm³/mol. The van der Waals surface area contributed by atoms with Gasteiger partial charge in [-0.1, -0.05) is 36.8 Å². The summed E-state index contributed by atoms with van der Waals surface area (Å²) in [5.41, 5.74) is 3.45. The van der Waals surface area contributed by atoms with Gasteiger partial charge in [0.05, 0.1) is 11.6 Å². The Morgan fingerprint density at radius 3 is 2.77 bits per heavy atom. The molecule has 1 saturated heterocycles. The maximum absolute atomic E-state index is 4.84. The second-order valence-electron chi connectivity index (χ2n) is 7.01. The van der Waals surface area contributed by atoms with Crippen LogP contribution in [0.15, 0.2) is 30.5 Å². The van der Waals surface area contributed by atoms with Crippen molar-refractivity contribution in [3.8, 4) is 0 Å². The molecule has 136 valence electrons. The van der Waals surface area contributed by atoms with E-state index in [-0.39, 0.29) is 0 Å². The Hall–Kier alpha value is -2.63. The summed E-state index contributed by atoms with van der Waals surface area (Å²) in [4.78, 5) is 12.0. The molecule has 0 bridgehead atoms. The molecule has 1 aliphatic heterocycles. The minimum atomic E-state index is 0.742. The number of nitrogens with zero attached hydrogens (tertiary/aromatic N) is 5. The van der Waals surface area contributed by atoms with E-state index in [0.717, 1.165) is 55.4 Å². The van der Waals surface area contributed by atoms with Crippen molar-refractivity contribution in [1.82, 2.24) is 19.7 Å². The highest BCUT2D eigenvalue weighted by Gasteiger charge is 2.19. The average Bonchev–Trinajstić information content (AvgIpc) is 3.30. The predicted octanol–water partition coefficient (Wildman–Crippen LogP) is 3.76. The van der Waals surface area contributed by atoms with Crippen LogP contribution in [0.3, 0.4) is 0 Å². The van der Waals surface area contributed by atoms with Crippen LogP contribution in [-0.2, 0) is 13.1 Å². The van der Waals surface area contributed by atoms with Crippen molar-refractivity contribution in [2.45, 2.75) is 46.2 Å². The molecule has 0 aliphatic carbocycles. The van der Waals surface area contributed by atoms with Crippen molar-refractivity contribution >= 4 is 22.8 Å². The van der Waals surface area contributed by atoms with E-state index < -0.39 is 0 Å². The Morgan fingerprint density at radius 2 is 2.00 bits per heavy atom. The topological polar surface area (TPSA) is 58.9 Å². The molecule has 0 amide bonds. The molecule has 6 nitrogen and oxygen atoms in total. The zero-order chi connectivity index (χ0) is 17.9. The molecule has 0 atom stereocenters. The smallest absolute Gasteiger partial charge is 0.229 e. The highest BCUT2D eigenvalue weighted by molar-refractivity contribution is 5.87. The van der Waals surface area contributed by atoms with Gasteiger partial charge < -0.3 is 10.2 Å². The molecule has 1 aromatic carbocycles. The summed E-state index contributed by atoms with van der Waals surface area (Å²) in [5, 5.41) is 9.05. The molecule has 3 aromatic rings. The van der Waals surface area contributed by atoms with E-state index in [4.69, 9.17) is 9.97 Å². The summed E-state index contributed by atoms with van der Waals surface area (Å²) < 4.78 is 1.99. The van der Waals surface area contributed by atoms with Gasteiger partial charge in [-0.2, -0.15) is 15.1 Å². The van der Waals surface area contributed by atoms with Gasteiger partial charge >= 0.3 is 0 Å². The Morgan fingerprint density at radius 1 is 1.15 bits per heavy atom. The Bertz CT molecular complexity index is 894. The van der Waals surface area contributed by atoms with E-state index in [1.54, 1.807) is 0 Å². The lowest BCUT2D eigenvalue weighted by molar-refractivity contribution is 0.616. The third-order valence-electron chi connectivity index (χ3n) is 4.85. The first-order valence-electron chi connectivity index (χ1n) is 9.52. The summed E-state index contributed by atoms with van der Waals surface area (Å²) in [6.45, 7) is 7.96. The van der Waals surface area contributed by atoms with E-state index in [9.17, 15) is 0 Å². The van der Waals surface area contributed by atoms with Crippen LogP contribution in [0.4, 0.5) is 11.8 Å². The van der Waals surface area contributed by atoms with Crippen molar-refractivity contribution in [1.29, 1.82) is 0 Å². The molecular formula is C20H26N6. The molecule has 6 heteroatoms. The largest absolute Gasteiger partial charge is 0.365 e. The highest BCUT2D eigenvalue weighted by atomic mass is 15.3. The third-order valence-corrected chi connectivity index (χ3v) is 4.85. The number of anilines is 2. The molecule has 1 N–H and O–H groups in total. The van der Waals surface area contributed by atoms with Crippen molar-refractivity contribution in [3.63, 3.8) is 0 Å². The van der Waals surface area contributed by atoms with Crippen LogP contribution in [-0.4, -0.2) is 32.8 Å². The zero-order valence-electron chi connectivity index (χ0n) is 15.6. The average molecular weight is 350 g/mol. The number of benzene rings is 1. The van der Waals surface area contributed by atoms with Gasteiger partial charge in [-0.3, -0.25) is 0 Å².